The molecule has 0 radical (unpaired) electrons. The maximum absolute atomic E-state index is 13.4. The molecule has 1 atom stereocenters. The summed E-state index contributed by atoms with van der Waals surface area (Å²) in [5.74, 6) is -3.42. The molecule has 4 heterocycles. The van der Waals surface area contributed by atoms with Gasteiger partial charge in [0.25, 0.3) is 5.91 Å². The first kappa shape index (κ1) is 30.4. The van der Waals surface area contributed by atoms with Crippen molar-refractivity contribution in [3.63, 3.8) is 0 Å². The van der Waals surface area contributed by atoms with E-state index in [0.29, 0.717) is 27.9 Å². The van der Waals surface area contributed by atoms with Crippen LogP contribution in [0.15, 0.2) is 59.5 Å². The van der Waals surface area contributed by atoms with E-state index in [1.165, 1.54) is 29.3 Å². The topological polar surface area (TPSA) is 199 Å². The number of hydrogen-bond acceptors (Lipinski definition) is 8. The van der Waals surface area contributed by atoms with Crippen LogP contribution in [-0.2, 0) is 27.3 Å². The summed E-state index contributed by atoms with van der Waals surface area (Å²) in [4.78, 5) is 57.5. The van der Waals surface area contributed by atoms with Gasteiger partial charge in [0.05, 0.1) is 17.3 Å². The molecule has 6 rings (SSSR count). The summed E-state index contributed by atoms with van der Waals surface area (Å²) < 4.78 is 14.2. The lowest BCUT2D eigenvalue weighted by atomic mass is 9.95. The zero-order valence-corrected chi connectivity index (χ0v) is 24.6. The summed E-state index contributed by atoms with van der Waals surface area (Å²) in [6.45, 7) is -0.988. The van der Waals surface area contributed by atoms with E-state index in [0.717, 1.165) is 36.8 Å². The number of pyridine rings is 1. The second kappa shape index (κ2) is 12.8. The number of carbonyl (C=O) groups excluding carboxylic acids is 1. The Bertz CT molecular complexity index is 1940. The second-order valence-electron chi connectivity index (χ2n) is 11.3. The van der Waals surface area contributed by atoms with Gasteiger partial charge in [0.15, 0.2) is 12.3 Å². The lowest BCUT2D eigenvalue weighted by Crippen LogP contribution is -2.42. The normalized spacial score (nSPS) is 14.3. The number of nitrogens with one attached hydrogen (secondary N) is 1. The molecule has 4 aromatic heterocycles. The average molecular weight is 630 g/mol. The van der Waals surface area contributed by atoms with E-state index >= 15 is 0 Å². The van der Waals surface area contributed by atoms with Crippen molar-refractivity contribution in [3.05, 3.63) is 66.4 Å². The number of carboxylic acid groups (broad SMARTS) is 3. The van der Waals surface area contributed by atoms with Crippen LogP contribution in [0.1, 0.15) is 54.2 Å². The molecule has 5 aromatic rings. The molecule has 1 aliphatic rings. The SMILES string of the molecule is O=C(O)COc1ccc2c(c1)c(C[C@H](NC(=O)c1ccc3c(n1)nc(-c1ccoc1)n3C1CCCCC1)C(=O)O)cn2CC(=O)O. The van der Waals surface area contributed by atoms with Crippen molar-refractivity contribution in [3.8, 4) is 17.1 Å². The van der Waals surface area contributed by atoms with Gasteiger partial charge >= 0.3 is 17.9 Å². The highest BCUT2D eigenvalue weighted by molar-refractivity contribution is 5.97. The zero-order valence-electron chi connectivity index (χ0n) is 24.6. The number of carbonyl (C=O) groups is 4. The number of ether oxygens (including phenoxy) is 1. The predicted molar refractivity (Wildman–Crippen MR) is 163 cm³/mol. The van der Waals surface area contributed by atoms with Gasteiger partial charge in [-0.15, -0.1) is 0 Å². The van der Waals surface area contributed by atoms with Gasteiger partial charge in [0.2, 0.25) is 0 Å². The fourth-order valence-corrected chi connectivity index (χ4v) is 6.09. The Morgan fingerprint density at radius 3 is 2.46 bits per heavy atom. The minimum Gasteiger partial charge on any atom is -0.482 e. The summed E-state index contributed by atoms with van der Waals surface area (Å²) in [6, 6.07) is 8.54. The fourth-order valence-electron chi connectivity index (χ4n) is 6.09. The summed E-state index contributed by atoms with van der Waals surface area (Å²) in [5.41, 5.74) is 2.80. The molecule has 0 saturated heterocycles. The molecule has 0 spiro atoms. The Labute approximate surface area is 261 Å². The number of amides is 1. The van der Waals surface area contributed by atoms with Crippen molar-refractivity contribution in [2.24, 2.45) is 0 Å². The smallest absolute Gasteiger partial charge is 0.341 e. The van der Waals surface area contributed by atoms with Crippen molar-refractivity contribution in [2.45, 2.75) is 57.2 Å². The van der Waals surface area contributed by atoms with Crippen LogP contribution in [0.25, 0.3) is 33.5 Å². The molecule has 14 heteroatoms. The number of nitrogens with zero attached hydrogens (tertiary/aromatic N) is 4. The van der Waals surface area contributed by atoms with Gasteiger partial charge in [-0.3, -0.25) is 9.59 Å². The van der Waals surface area contributed by atoms with Gasteiger partial charge in [-0.25, -0.2) is 19.6 Å². The van der Waals surface area contributed by atoms with E-state index in [1.807, 2.05) is 6.07 Å². The third-order valence-corrected chi connectivity index (χ3v) is 8.14. The minimum absolute atomic E-state index is 0.0107. The molecule has 238 valence electrons. The van der Waals surface area contributed by atoms with Crippen molar-refractivity contribution in [1.29, 1.82) is 0 Å². The van der Waals surface area contributed by atoms with Crippen molar-refractivity contribution < 1.29 is 43.7 Å². The Hall–Kier alpha value is -5.66. The molecule has 4 N–H and O–H groups in total. The highest BCUT2D eigenvalue weighted by atomic mass is 16.5. The first-order valence-corrected chi connectivity index (χ1v) is 14.8. The molecule has 46 heavy (non-hydrogen) atoms. The number of benzene rings is 1. The van der Waals surface area contributed by atoms with Gasteiger partial charge in [0.1, 0.15) is 36.1 Å². The second-order valence-corrected chi connectivity index (χ2v) is 11.3. The minimum atomic E-state index is -1.40. The number of furan rings is 1. The van der Waals surface area contributed by atoms with Crippen LogP contribution >= 0.6 is 0 Å². The summed E-state index contributed by atoms with van der Waals surface area (Å²) in [7, 11) is 0. The van der Waals surface area contributed by atoms with Crippen LogP contribution in [0, 0.1) is 0 Å². The highest BCUT2D eigenvalue weighted by Crippen LogP contribution is 2.36. The number of aliphatic carboxylic acids is 3. The highest BCUT2D eigenvalue weighted by Gasteiger charge is 2.27. The van der Waals surface area contributed by atoms with E-state index in [1.54, 1.807) is 30.7 Å². The molecule has 1 aliphatic carbocycles. The van der Waals surface area contributed by atoms with Crippen LogP contribution in [0.3, 0.4) is 0 Å². The maximum Gasteiger partial charge on any atom is 0.341 e. The van der Waals surface area contributed by atoms with Gasteiger partial charge in [-0.2, -0.15) is 0 Å². The standard InChI is InChI=1S/C32H31N5O9/c38-27(39)15-36-14-19(22-13-21(6-8-25(22)36)46-17-28(40)41)12-24(32(43)44)34-31(42)23-7-9-26-29(33-23)35-30(18-10-11-45-16-18)37(26)20-4-2-1-3-5-20/h6-11,13-14,16,20,24H,1-5,12,15,17H2,(H,34,42)(H,38,39)(H,40,41)(H,43,44)/t24-/m0/s1. The Balaban J connectivity index is 1.29. The van der Waals surface area contributed by atoms with Crippen LogP contribution in [0.4, 0.5) is 0 Å². The van der Waals surface area contributed by atoms with E-state index in [9.17, 15) is 29.4 Å². The Morgan fingerprint density at radius 1 is 0.978 bits per heavy atom. The number of imidazole rings is 1. The van der Waals surface area contributed by atoms with Crippen LogP contribution in [-0.4, -0.2) is 70.9 Å². The van der Waals surface area contributed by atoms with E-state index in [4.69, 9.17) is 19.2 Å². The molecule has 0 aliphatic heterocycles. The van der Waals surface area contributed by atoms with Crippen molar-refractivity contribution >= 4 is 45.9 Å². The van der Waals surface area contributed by atoms with E-state index < -0.39 is 43.0 Å². The molecule has 1 saturated carbocycles. The average Bonchev–Trinajstić information content (AvgIpc) is 3.77. The molecule has 0 unspecified atom stereocenters. The summed E-state index contributed by atoms with van der Waals surface area (Å²) in [6.07, 6.45) is 9.86. The number of hydrogen-bond donors (Lipinski definition) is 4. The zero-order chi connectivity index (χ0) is 32.4. The Kier molecular flexibility index (Phi) is 8.42. The van der Waals surface area contributed by atoms with Crippen molar-refractivity contribution in [1.82, 2.24) is 24.4 Å². The quantitative estimate of drug-likeness (QED) is 0.155. The summed E-state index contributed by atoms with van der Waals surface area (Å²) in [5, 5.41) is 31.4. The number of rotatable bonds is 12. The Morgan fingerprint density at radius 2 is 1.76 bits per heavy atom. The number of fused-ring (bicyclic) bond motifs is 2. The number of aromatic nitrogens is 4. The number of carboxylic acids is 3. The fraction of sp³-hybridized carbons (Fsp3) is 0.312. The van der Waals surface area contributed by atoms with Gasteiger partial charge < -0.3 is 38.9 Å². The first-order valence-electron chi connectivity index (χ1n) is 14.8. The summed E-state index contributed by atoms with van der Waals surface area (Å²) >= 11 is 0. The van der Waals surface area contributed by atoms with Crippen molar-refractivity contribution in [2.75, 3.05) is 6.61 Å². The van der Waals surface area contributed by atoms with Gasteiger partial charge in [-0.05, 0) is 54.8 Å². The van der Waals surface area contributed by atoms with Crippen LogP contribution in [0.2, 0.25) is 0 Å². The molecule has 1 fully saturated rings. The van der Waals surface area contributed by atoms with Crippen LogP contribution in [0.5, 0.6) is 5.75 Å². The molecular formula is C32H31N5O9. The lowest BCUT2D eigenvalue weighted by Gasteiger charge is -2.25. The predicted octanol–water partition coefficient (Wildman–Crippen LogP) is 4.12. The monoisotopic (exact) mass is 629 g/mol. The van der Waals surface area contributed by atoms with Gasteiger partial charge in [-0.1, -0.05) is 19.3 Å². The third kappa shape index (κ3) is 6.27. The largest absolute Gasteiger partial charge is 0.482 e. The van der Waals surface area contributed by atoms with Crippen LogP contribution < -0.4 is 10.1 Å². The molecule has 0 bridgehead atoms. The molecule has 14 nitrogen and oxygen atoms in total. The first-order chi connectivity index (χ1) is 22.2. The van der Waals surface area contributed by atoms with Gasteiger partial charge in [0, 0.05) is 29.6 Å². The molecular weight excluding hydrogens is 598 g/mol. The third-order valence-electron chi connectivity index (χ3n) is 8.14. The van der Waals surface area contributed by atoms with E-state index in [-0.39, 0.29) is 23.9 Å². The lowest BCUT2D eigenvalue weighted by molar-refractivity contribution is -0.140. The molecule has 1 aromatic carbocycles. The van der Waals surface area contributed by atoms with E-state index in [2.05, 4.69) is 14.9 Å². The maximum atomic E-state index is 13.4. The molecule has 1 amide bonds.